The second-order valence-corrected chi connectivity index (χ2v) is 6.29. The second-order valence-electron chi connectivity index (χ2n) is 5.85. The van der Waals surface area contributed by atoms with Crippen molar-refractivity contribution in [1.82, 2.24) is 0 Å². The molecular formula is C20H11ClN2O5. The summed E-state index contributed by atoms with van der Waals surface area (Å²) in [6.45, 7) is 0. The Morgan fingerprint density at radius 1 is 1.04 bits per heavy atom. The van der Waals surface area contributed by atoms with Gasteiger partial charge in [0.25, 0.3) is 5.69 Å². The van der Waals surface area contributed by atoms with Crippen LogP contribution in [0.4, 0.5) is 5.69 Å². The van der Waals surface area contributed by atoms with Crippen LogP contribution in [0.5, 0.6) is 0 Å². The second kappa shape index (κ2) is 7.13. The fraction of sp³-hybridized carbons (Fsp3) is 0. The highest BCUT2D eigenvalue weighted by Gasteiger charge is 2.24. The monoisotopic (exact) mass is 394 g/mol. The minimum absolute atomic E-state index is 0.0367. The summed E-state index contributed by atoms with van der Waals surface area (Å²) in [7, 11) is 0. The van der Waals surface area contributed by atoms with Crippen molar-refractivity contribution in [3.63, 3.8) is 0 Å². The van der Waals surface area contributed by atoms with Crippen LogP contribution in [0.3, 0.4) is 0 Å². The van der Waals surface area contributed by atoms with E-state index in [1.165, 1.54) is 18.2 Å². The van der Waals surface area contributed by atoms with E-state index in [-0.39, 0.29) is 17.3 Å². The predicted octanol–water partition coefficient (Wildman–Crippen LogP) is 4.85. The van der Waals surface area contributed by atoms with E-state index >= 15 is 0 Å². The van der Waals surface area contributed by atoms with Crippen LogP contribution in [-0.4, -0.2) is 16.8 Å². The molecule has 0 fully saturated rings. The summed E-state index contributed by atoms with van der Waals surface area (Å²) >= 11 is 5.85. The zero-order valence-corrected chi connectivity index (χ0v) is 14.9. The number of non-ortho nitro benzene ring substituents is 1. The van der Waals surface area contributed by atoms with Gasteiger partial charge in [0.05, 0.1) is 4.92 Å². The van der Waals surface area contributed by atoms with Gasteiger partial charge in [-0.05, 0) is 36.4 Å². The summed E-state index contributed by atoms with van der Waals surface area (Å²) in [6.07, 6.45) is 1.45. The van der Waals surface area contributed by atoms with Gasteiger partial charge in [0.2, 0.25) is 5.90 Å². The normalized spacial score (nSPS) is 14.8. The predicted molar refractivity (Wildman–Crippen MR) is 103 cm³/mol. The van der Waals surface area contributed by atoms with Crippen LogP contribution in [0, 0.1) is 10.1 Å². The highest BCUT2D eigenvalue weighted by molar-refractivity contribution is 6.30. The van der Waals surface area contributed by atoms with Gasteiger partial charge >= 0.3 is 5.97 Å². The zero-order valence-electron chi connectivity index (χ0n) is 14.2. The van der Waals surface area contributed by atoms with E-state index in [1.807, 2.05) is 0 Å². The van der Waals surface area contributed by atoms with Gasteiger partial charge in [0.15, 0.2) is 5.70 Å². The van der Waals surface area contributed by atoms with E-state index < -0.39 is 10.9 Å². The van der Waals surface area contributed by atoms with E-state index in [9.17, 15) is 14.9 Å². The van der Waals surface area contributed by atoms with Crippen molar-refractivity contribution in [2.75, 3.05) is 0 Å². The smallest absolute Gasteiger partial charge is 0.363 e. The SMILES string of the molecule is O=C1OC(c2ccc(Cl)cc2)=N/C1=C/c1ccc(-c2cccc([N+](=O)[O-])c2)o1. The molecule has 0 radical (unpaired) electrons. The zero-order chi connectivity index (χ0) is 19.7. The third-order valence-corrected chi connectivity index (χ3v) is 4.21. The number of aliphatic imine (C=N–C) groups is 1. The number of hydrogen-bond donors (Lipinski definition) is 0. The van der Waals surface area contributed by atoms with Gasteiger partial charge in [0.1, 0.15) is 11.5 Å². The molecule has 1 aliphatic heterocycles. The van der Waals surface area contributed by atoms with E-state index in [2.05, 4.69) is 4.99 Å². The standard InChI is InChI=1S/C20H11ClN2O5/c21-14-6-4-12(5-7-14)19-22-17(20(24)28-19)11-16-8-9-18(27-16)13-2-1-3-15(10-13)23(25)26/h1-11H/b17-11+. The van der Waals surface area contributed by atoms with Gasteiger partial charge in [-0.2, -0.15) is 0 Å². The highest BCUT2D eigenvalue weighted by atomic mass is 35.5. The first-order valence-electron chi connectivity index (χ1n) is 8.13. The van der Waals surface area contributed by atoms with Crippen LogP contribution in [0.15, 0.2) is 75.8 Å². The molecule has 7 nitrogen and oxygen atoms in total. The number of esters is 1. The maximum Gasteiger partial charge on any atom is 0.363 e. The Bertz CT molecular complexity index is 1150. The molecule has 138 valence electrons. The molecule has 0 saturated heterocycles. The first kappa shape index (κ1) is 17.7. The minimum atomic E-state index is -0.599. The van der Waals surface area contributed by atoms with Crippen LogP contribution in [0.2, 0.25) is 5.02 Å². The molecule has 0 N–H and O–H groups in total. The van der Waals surface area contributed by atoms with Gasteiger partial charge in [-0.3, -0.25) is 10.1 Å². The molecule has 0 spiro atoms. The van der Waals surface area contributed by atoms with Crippen molar-refractivity contribution in [3.8, 4) is 11.3 Å². The van der Waals surface area contributed by atoms with Crippen LogP contribution < -0.4 is 0 Å². The third-order valence-electron chi connectivity index (χ3n) is 3.96. The Labute approximate surface area is 163 Å². The number of carbonyl (C=O) groups is 1. The summed E-state index contributed by atoms with van der Waals surface area (Å²) in [5.74, 6) is 0.384. The van der Waals surface area contributed by atoms with Gasteiger partial charge in [0, 0.05) is 34.4 Å². The van der Waals surface area contributed by atoms with Gasteiger partial charge < -0.3 is 9.15 Å². The molecule has 28 heavy (non-hydrogen) atoms. The number of halogens is 1. The van der Waals surface area contributed by atoms with Crippen molar-refractivity contribution in [3.05, 3.63) is 92.8 Å². The number of furan rings is 1. The van der Waals surface area contributed by atoms with Crippen molar-refractivity contribution < 1.29 is 18.9 Å². The first-order chi connectivity index (χ1) is 13.5. The molecule has 0 aliphatic carbocycles. The van der Waals surface area contributed by atoms with Gasteiger partial charge in [-0.25, -0.2) is 9.79 Å². The summed E-state index contributed by atoms with van der Waals surface area (Å²) < 4.78 is 10.9. The Morgan fingerprint density at radius 2 is 1.82 bits per heavy atom. The van der Waals surface area contributed by atoms with Crippen molar-refractivity contribution in [1.29, 1.82) is 0 Å². The highest BCUT2D eigenvalue weighted by Crippen LogP contribution is 2.27. The molecule has 0 bridgehead atoms. The van der Waals surface area contributed by atoms with Crippen LogP contribution in [0.25, 0.3) is 17.4 Å². The van der Waals surface area contributed by atoms with E-state index in [1.54, 1.807) is 48.5 Å². The molecular weight excluding hydrogens is 384 g/mol. The fourth-order valence-corrected chi connectivity index (χ4v) is 2.74. The Balaban J connectivity index is 1.61. The molecule has 2 heterocycles. The molecule has 1 aromatic heterocycles. The van der Waals surface area contributed by atoms with Crippen molar-refractivity contribution in [2.24, 2.45) is 4.99 Å². The molecule has 4 rings (SSSR count). The van der Waals surface area contributed by atoms with Crippen LogP contribution in [-0.2, 0) is 9.53 Å². The molecule has 1 aliphatic rings. The van der Waals surface area contributed by atoms with Crippen molar-refractivity contribution >= 4 is 35.2 Å². The van der Waals surface area contributed by atoms with E-state index in [4.69, 9.17) is 20.8 Å². The summed E-state index contributed by atoms with van der Waals surface area (Å²) in [5.41, 5.74) is 1.23. The Kier molecular flexibility index (Phi) is 4.50. The number of nitro groups is 1. The number of carbonyl (C=O) groups excluding carboxylic acids is 1. The summed E-state index contributed by atoms with van der Waals surface area (Å²) in [5, 5.41) is 11.5. The Morgan fingerprint density at radius 3 is 2.57 bits per heavy atom. The lowest BCUT2D eigenvalue weighted by molar-refractivity contribution is -0.384. The first-order valence-corrected chi connectivity index (χ1v) is 8.50. The average Bonchev–Trinajstić information content (AvgIpc) is 3.30. The lowest BCUT2D eigenvalue weighted by atomic mass is 10.1. The molecule has 0 saturated carbocycles. The lowest BCUT2D eigenvalue weighted by Crippen LogP contribution is -2.05. The summed E-state index contributed by atoms with van der Waals surface area (Å²) in [6, 6.07) is 16.1. The number of hydrogen-bond acceptors (Lipinski definition) is 6. The average molecular weight is 395 g/mol. The molecule has 2 aromatic carbocycles. The summed E-state index contributed by atoms with van der Waals surface area (Å²) in [4.78, 5) is 26.7. The lowest BCUT2D eigenvalue weighted by Gasteiger charge is -1.98. The van der Waals surface area contributed by atoms with E-state index in [0.29, 0.717) is 27.7 Å². The maximum atomic E-state index is 12.1. The van der Waals surface area contributed by atoms with Crippen LogP contribution in [0.1, 0.15) is 11.3 Å². The largest absolute Gasteiger partial charge is 0.457 e. The molecule has 0 unspecified atom stereocenters. The molecule has 3 aromatic rings. The molecule has 0 amide bonds. The molecule has 0 atom stereocenters. The number of cyclic esters (lactones) is 1. The fourth-order valence-electron chi connectivity index (χ4n) is 2.62. The van der Waals surface area contributed by atoms with Crippen LogP contribution >= 0.6 is 11.6 Å². The van der Waals surface area contributed by atoms with Crippen molar-refractivity contribution in [2.45, 2.75) is 0 Å². The Hall–Kier alpha value is -3.71. The maximum absolute atomic E-state index is 12.1. The van der Waals surface area contributed by atoms with Gasteiger partial charge in [-0.1, -0.05) is 23.7 Å². The quantitative estimate of drug-likeness (QED) is 0.273. The number of nitro benzene ring substituents is 1. The topological polar surface area (TPSA) is 94.9 Å². The van der Waals surface area contributed by atoms with Gasteiger partial charge in [-0.15, -0.1) is 0 Å². The molecule has 8 heteroatoms. The number of nitrogens with zero attached hydrogens (tertiary/aromatic N) is 2. The minimum Gasteiger partial charge on any atom is -0.457 e. The van der Waals surface area contributed by atoms with E-state index in [0.717, 1.165) is 0 Å². The number of rotatable bonds is 4. The number of ether oxygens (including phenoxy) is 1. The number of benzene rings is 2. The third kappa shape index (κ3) is 3.56.